The molecule has 1 heterocycles. The van der Waals surface area contributed by atoms with E-state index in [1.165, 1.54) is 110 Å². The Morgan fingerprint density at radius 2 is 1.00 bits per heavy atom. The van der Waals surface area contributed by atoms with Gasteiger partial charge >= 0.3 is 0 Å². The normalized spacial score (nSPS) is 16.3. The molecular formula is C18H37N. The summed E-state index contributed by atoms with van der Waals surface area (Å²) in [5, 5.41) is 0. The molecular weight excluding hydrogens is 230 g/mol. The van der Waals surface area contributed by atoms with Gasteiger partial charge in [-0.1, -0.05) is 77.6 Å². The van der Waals surface area contributed by atoms with E-state index in [-0.39, 0.29) is 0 Å². The first-order chi connectivity index (χ1) is 9.43. The Morgan fingerprint density at radius 3 is 1.47 bits per heavy atom. The highest BCUT2D eigenvalue weighted by atomic mass is 15.1. The molecule has 0 bridgehead atoms. The Hall–Kier alpha value is -0.0400. The number of likely N-dealkylation sites (tertiary alicyclic amines) is 1. The third-order valence-corrected chi connectivity index (χ3v) is 4.53. The fourth-order valence-electron chi connectivity index (χ4n) is 3.18. The smallest absolute Gasteiger partial charge is 0.00183 e. The number of unbranched alkanes of at least 4 members (excludes halogenated alkanes) is 11. The Labute approximate surface area is 122 Å². The molecule has 0 aromatic heterocycles. The molecule has 0 atom stereocenters. The van der Waals surface area contributed by atoms with Gasteiger partial charge in [0.1, 0.15) is 0 Å². The lowest BCUT2D eigenvalue weighted by molar-refractivity contribution is 0.327. The second-order valence-electron chi connectivity index (χ2n) is 6.44. The summed E-state index contributed by atoms with van der Waals surface area (Å²) in [4.78, 5) is 2.65. The zero-order valence-electron chi connectivity index (χ0n) is 13.5. The van der Waals surface area contributed by atoms with E-state index in [1.807, 2.05) is 0 Å². The van der Waals surface area contributed by atoms with Crippen LogP contribution in [-0.4, -0.2) is 24.5 Å². The monoisotopic (exact) mass is 267 g/mol. The molecule has 1 fully saturated rings. The van der Waals surface area contributed by atoms with E-state index in [4.69, 9.17) is 0 Å². The Balaban J connectivity index is 1.67. The minimum absolute atomic E-state index is 1.37. The highest BCUT2D eigenvalue weighted by Gasteiger charge is 2.09. The van der Waals surface area contributed by atoms with Crippen LogP contribution in [-0.2, 0) is 0 Å². The van der Waals surface area contributed by atoms with Crippen molar-refractivity contribution in [2.45, 2.75) is 96.8 Å². The molecule has 1 rings (SSSR count). The summed E-state index contributed by atoms with van der Waals surface area (Å²) in [5.74, 6) is 0. The van der Waals surface area contributed by atoms with Gasteiger partial charge in [0, 0.05) is 0 Å². The molecule has 1 nitrogen and oxygen atoms in total. The first-order valence-electron chi connectivity index (χ1n) is 9.16. The van der Waals surface area contributed by atoms with Crippen LogP contribution >= 0.6 is 0 Å². The summed E-state index contributed by atoms with van der Waals surface area (Å²) in [7, 11) is 0. The highest BCUT2D eigenvalue weighted by Crippen LogP contribution is 2.13. The van der Waals surface area contributed by atoms with Crippen LogP contribution in [0.2, 0.25) is 0 Å². The topological polar surface area (TPSA) is 3.24 Å². The third kappa shape index (κ3) is 10.4. The van der Waals surface area contributed by atoms with Gasteiger partial charge < -0.3 is 4.90 Å². The summed E-state index contributed by atoms with van der Waals surface area (Å²) < 4.78 is 0. The fraction of sp³-hybridized carbons (Fsp3) is 1.00. The molecule has 0 amide bonds. The first-order valence-corrected chi connectivity index (χ1v) is 9.16. The van der Waals surface area contributed by atoms with E-state index in [1.54, 1.807) is 0 Å². The molecule has 0 spiro atoms. The van der Waals surface area contributed by atoms with Crippen molar-refractivity contribution in [3.8, 4) is 0 Å². The minimum atomic E-state index is 1.37. The minimum Gasteiger partial charge on any atom is -0.303 e. The van der Waals surface area contributed by atoms with Crippen molar-refractivity contribution in [2.75, 3.05) is 19.6 Å². The number of rotatable bonds is 13. The van der Waals surface area contributed by atoms with Crippen LogP contribution in [0.4, 0.5) is 0 Å². The average Bonchev–Trinajstić information content (AvgIpc) is 2.93. The van der Waals surface area contributed by atoms with Gasteiger partial charge in [-0.15, -0.1) is 0 Å². The van der Waals surface area contributed by atoms with Gasteiger partial charge in [0.2, 0.25) is 0 Å². The lowest BCUT2D eigenvalue weighted by Gasteiger charge is -2.13. The van der Waals surface area contributed by atoms with E-state index in [9.17, 15) is 0 Å². The van der Waals surface area contributed by atoms with E-state index >= 15 is 0 Å². The average molecular weight is 268 g/mol. The van der Waals surface area contributed by atoms with Gasteiger partial charge in [-0.3, -0.25) is 0 Å². The zero-order valence-corrected chi connectivity index (χ0v) is 13.5. The molecule has 1 saturated heterocycles. The number of hydrogen-bond acceptors (Lipinski definition) is 1. The molecule has 0 aromatic rings. The van der Waals surface area contributed by atoms with E-state index in [0.29, 0.717) is 0 Å². The van der Waals surface area contributed by atoms with Gasteiger partial charge in [-0.2, -0.15) is 0 Å². The van der Waals surface area contributed by atoms with Crippen molar-refractivity contribution >= 4 is 0 Å². The molecule has 19 heavy (non-hydrogen) atoms. The molecule has 0 radical (unpaired) electrons. The van der Waals surface area contributed by atoms with Gasteiger partial charge in [-0.05, 0) is 38.9 Å². The first kappa shape index (κ1) is 17.0. The van der Waals surface area contributed by atoms with Crippen molar-refractivity contribution in [1.29, 1.82) is 0 Å². The van der Waals surface area contributed by atoms with Crippen LogP contribution in [0.25, 0.3) is 0 Å². The van der Waals surface area contributed by atoms with Crippen LogP contribution in [0.5, 0.6) is 0 Å². The summed E-state index contributed by atoms with van der Waals surface area (Å²) in [6, 6.07) is 0. The molecule has 1 heteroatoms. The quantitative estimate of drug-likeness (QED) is 0.382. The molecule has 0 aromatic carbocycles. The van der Waals surface area contributed by atoms with Crippen LogP contribution in [0.15, 0.2) is 0 Å². The second-order valence-corrected chi connectivity index (χ2v) is 6.44. The van der Waals surface area contributed by atoms with Crippen LogP contribution in [0.3, 0.4) is 0 Å². The maximum absolute atomic E-state index is 2.65. The molecule has 0 saturated carbocycles. The Morgan fingerprint density at radius 1 is 0.579 bits per heavy atom. The summed E-state index contributed by atoms with van der Waals surface area (Å²) in [6.07, 6.45) is 20.4. The molecule has 1 aliphatic heterocycles. The predicted molar refractivity (Wildman–Crippen MR) is 86.8 cm³/mol. The Bertz CT molecular complexity index is 173. The van der Waals surface area contributed by atoms with Crippen molar-refractivity contribution in [2.24, 2.45) is 0 Å². The van der Waals surface area contributed by atoms with Crippen LogP contribution < -0.4 is 0 Å². The lowest BCUT2D eigenvalue weighted by atomic mass is 10.1. The number of nitrogens with zero attached hydrogens (tertiary/aromatic N) is 1. The SMILES string of the molecule is CCCCCCCCCCCCCCN1CCCC1. The predicted octanol–water partition coefficient (Wildman–Crippen LogP) is 5.78. The zero-order chi connectivity index (χ0) is 13.6. The summed E-state index contributed by atoms with van der Waals surface area (Å²) >= 11 is 0. The van der Waals surface area contributed by atoms with Gasteiger partial charge in [0.25, 0.3) is 0 Å². The van der Waals surface area contributed by atoms with Crippen molar-refractivity contribution < 1.29 is 0 Å². The largest absolute Gasteiger partial charge is 0.303 e. The van der Waals surface area contributed by atoms with E-state index in [0.717, 1.165) is 0 Å². The molecule has 0 aliphatic carbocycles. The maximum Gasteiger partial charge on any atom is -0.00183 e. The third-order valence-electron chi connectivity index (χ3n) is 4.53. The lowest BCUT2D eigenvalue weighted by Crippen LogP contribution is -2.20. The summed E-state index contributed by atoms with van der Waals surface area (Å²) in [5.41, 5.74) is 0. The van der Waals surface area contributed by atoms with Gasteiger partial charge in [-0.25, -0.2) is 0 Å². The second kappa shape index (κ2) is 13.0. The molecule has 0 N–H and O–H groups in total. The van der Waals surface area contributed by atoms with Crippen LogP contribution in [0, 0.1) is 0 Å². The molecule has 1 aliphatic rings. The maximum atomic E-state index is 2.65. The van der Waals surface area contributed by atoms with Gasteiger partial charge in [0.05, 0.1) is 0 Å². The molecule has 114 valence electrons. The number of hydrogen-bond donors (Lipinski definition) is 0. The van der Waals surface area contributed by atoms with Crippen LogP contribution in [0.1, 0.15) is 96.8 Å². The van der Waals surface area contributed by atoms with Crippen molar-refractivity contribution in [3.63, 3.8) is 0 Å². The fourth-order valence-corrected chi connectivity index (χ4v) is 3.18. The molecule has 0 unspecified atom stereocenters. The highest BCUT2D eigenvalue weighted by molar-refractivity contribution is 4.65. The van der Waals surface area contributed by atoms with Gasteiger partial charge in [0.15, 0.2) is 0 Å². The van der Waals surface area contributed by atoms with E-state index < -0.39 is 0 Å². The standard InChI is InChI=1S/C18H37N/c1-2-3-4-5-6-7-8-9-10-11-12-13-16-19-17-14-15-18-19/h2-18H2,1H3. The Kier molecular flexibility index (Phi) is 11.6. The van der Waals surface area contributed by atoms with Crippen molar-refractivity contribution in [1.82, 2.24) is 4.90 Å². The summed E-state index contributed by atoms with van der Waals surface area (Å²) in [6.45, 7) is 6.41. The van der Waals surface area contributed by atoms with E-state index in [2.05, 4.69) is 11.8 Å². The van der Waals surface area contributed by atoms with Crippen molar-refractivity contribution in [3.05, 3.63) is 0 Å².